The summed E-state index contributed by atoms with van der Waals surface area (Å²) in [4.78, 5) is 73.7. The summed E-state index contributed by atoms with van der Waals surface area (Å²) in [7, 11) is 14.6. The van der Waals surface area contributed by atoms with E-state index in [4.69, 9.17) is 70.5 Å². The molecular formula is C115H108BBrCl2N14O9P2PdS2. The van der Waals surface area contributed by atoms with E-state index in [9.17, 15) is 14.4 Å². The molecule has 22 rings (SSSR count). The van der Waals surface area contributed by atoms with Crippen LogP contribution in [0.4, 0.5) is 11.5 Å². The molecule has 0 atom stereocenters. The van der Waals surface area contributed by atoms with E-state index in [1.54, 1.807) is 68.2 Å². The van der Waals surface area contributed by atoms with Crippen LogP contribution in [-0.4, -0.2) is 163 Å². The third-order valence-electron chi connectivity index (χ3n) is 25.3. The molecule has 748 valence electrons. The normalized spacial score (nSPS) is 13.7. The van der Waals surface area contributed by atoms with Gasteiger partial charge < -0.3 is 63.6 Å². The smallest absolute Gasteiger partial charge is 0.0134 e. The molecule has 4 fully saturated rings. The largest absolute Gasteiger partial charge is 0.0622 e. The maximum atomic E-state index is 13.2. The summed E-state index contributed by atoms with van der Waals surface area (Å²) < 4.78 is 35.9. The number of nitrogens with two attached hydrogens (primary N) is 1. The van der Waals surface area contributed by atoms with Crippen LogP contribution in [0.15, 0.2) is 362 Å². The first-order valence-corrected chi connectivity index (χ1v) is 55.5. The Balaban J connectivity index is 0.000000131. The number of nitrogen functional groups attached to an aromatic ring is 1. The van der Waals surface area contributed by atoms with Crippen LogP contribution in [0.5, 0.6) is 23.0 Å². The molecule has 11 aromatic carbocycles. The van der Waals surface area contributed by atoms with Crippen molar-refractivity contribution in [1.82, 2.24) is 54.2 Å². The van der Waals surface area contributed by atoms with Crippen molar-refractivity contribution in [2.45, 2.75) is 58.8 Å². The number of hydrogen-bond donors (Lipinski definition) is 4. The topological polar surface area (TPSA) is 282 Å². The predicted octanol–water partition coefficient (Wildman–Crippen LogP) is 22.9. The second-order valence-corrected chi connectivity index (χ2v) is 44.1. The number of rotatable bonds is 18. The van der Waals surface area contributed by atoms with Crippen molar-refractivity contribution < 1.29 is 58.6 Å². The van der Waals surface area contributed by atoms with Crippen LogP contribution in [0.25, 0.3) is 65.9 Å². The molecule has 5 N–H and O–H groups in total. The van der Waals surface area contributed by atoms with E-state index in [1.807, 2.05) is 152 Å². The van der Waals surface area contributed by atoms with E-state index in [0.29, 0.717) is 92.4 Å². The number of ether oxygens (including phenoxy) is 4. The number of amides is 3. The van der Waals surface area contributed by atoms with E-state index in [2.05, 4.69) is 287 Å². The fraction of sp³-hybridized carbons (Fsp3) is 0.183. The van der Waals surface area contributed by atoms with Crippen LogP contribution in [0, 0.1) is 27.9 Å². The van der Waals surface area contributed by atoms with Gasteiger partial charge in [0.2, 0.25) is 4.77 Å². The Morgan fingerprint density at radius 3 is 1.18 bits per heavy atom. The molecule has 0 bridgehead atoms. The van der Waals surface area contributed by atoms with Gasteiger partial charge in [-0.1, -0.05) is 242 Å². The van der Waals surface area contributed by atoms with Gasteiger partial charge in [0.15, 0.2) is 23.0 Å². The Morgan fingerprint density at radius 1 is 0.476 bits per heavy atom. The van der Waals surface area contributed by atoms with Crippen LogP contribution < -0.4 is 62.0 Å². The maximum absolute atomic E-state index is 13.2. The van der Waals surface area contributed by atoms with Crippen LogP contribution in [0.2, 0.25) is 0 Å². The number of carbonyl (C=O) groups is 3. The molecule has 3 amide bonds. The Morgan fingerprint density at radius 2 is 0.830 bits per heavy atom. The van der Waals surface area contributed by atoms with Crippen molar-refractivity contribution in [3.8, 4) is 51.3 Å². The molecule has 32 heteroatoms. The number of nitrogens with zero attached hydrogens (tertiary/aromatic N) is 10. The molecule has 4 aliphatic heterocycles. The zero-order valence-electron chi connectivity index (χ0n) is 82.4. The van der Waals surface area contributed by atoms with Gasteiger partial charge in [0.25, 0.3) is 17.7 Å². The third kappa shape index (κ3) is 26.8. The van der Waals surface area contributed by atoms with E-state index in [0.717, 1.165) is 96.5 Å². The first-order valence-electron chi connectivity index (χ1n) is 47.2. The number of anilines is 1. The standard InChI is InChI=1S/C27H24N6O3S.C18H17N3O.2C18H15P.C13H13BrN2O.C11H16BNO2.C10H8N2O2S.2ClH.Pd/c1-35-23-10-19-21(11-24(23)36-2)31-27(37)33(25(19)28)18-13-32(14-18)26(34)22-9-17-8-15(5-6-20(17)30-22)16-4-3-7-29-12-16;1-12-10-21(11-12)18(22)17-8-15-7-13(4-5-16(15)20-17)14-3-2-6-19-9-14;2*1-4-10-16(11-5-1)19(17-12-6-2-7-13-17)18-14-8-3-9-15-18;1-8-6-16(7-8)13(17)12-5-9-4-10(14)2-3-11(9)15-12;1-10(2)11(3,4)15-12(14-10)9-6-5-7-13-8-9;1-13-9-3-7(5-11)8(12-6-15)4-10(9)14-2;;;/h3-12,18,30H,13-14,28H2,1-2H3;2-9,12,20H,10-11H2,1H3;2*1-15H;2-5,8,15H,6-7H2,1H3;5-8H,1-4H3;3-4H,1-2H3;2*1H;/q;;;;;;;;;+2/p-2. The van der Waals surface area contributed by atoms with Gasteiger partial charge >= 0.3 is 42.1 Å². The Hall–Kier alpha value is -13.7. The van der Waals surface area contributed by atoms with Crippen molar-refractivity contribution in [3.05, 3.63) is 385 Å². The minimum absolute atomic E-state index is 0.0667. The number of fused-ring (bicyclic) bond motifs is 4. The van der Waals surface area contributed by atoms with Gasteiger partial charge in [0, 0.05) is 154 Å². The molecule has 0 radical (unpaired) electrons. The Bertz CT molecular complexity index is 7360. The van der Waals surface area contributed by atoms with Crippen LogP contribution in [-0.2, 0) is 25.2 Å². The van der Waals surface area contributed by atoms with Crippen LogP contribution in [0.3, 0.4) is 0 Å². The number of carbonyl (C=O) groups excluding carboxylic acids is 3. The van der Waals surface area contributed by atoms with Crippen molar-refractivity contribution in [2.75, 3.05) is 73.4 Å². The van der Waals surface area contributed by atoms with E-state index >= 15 is 0 Å². The second-order valence-electron chi connectivity index (χ2n) is 35.9. The third-order valence-corrected chi connectivity index (χ3v) is 31.0. The number of methoxy groups -OCH3 is 4. The number of isothiocyanates is 1. The molecule has 0 saturated carbocycles. The molecule has 0 aliphatic carbocycles. The number of pyridine rings is 3. The quantitative estimate of drug-likeness (QED) is 0.0269. The van der Waals surface area contributed by atoms with Crippen LogP contribution >= 0.6 is 75.3 Å². The number of nitriles is 1. The number of benzene rings is 11. The molecule has 23 nitrogen and oxygen atoms in total. The van der Waals surface area contributed by atoms with Crippen molar-refractivity contribution in [3.63, 3.8) is 0 Å². The number of aromatic nitrogens is 8. The minimum atomic E-state index is -0.446. The number of hydrogen-bond acceptors (Lipinski definition) is 18. The van der Waals surface area contributed by atoms with Crippen molar-refractivity contribution in [2.24, 2.45) is 16.8 Å². The SMILES string of the molecule is CC1(C)OB(c2cccnc2)OC1(C)C.CC1CN(C(=O)c2cc3cc(-c4cccnc4)ccc3[nH]2)C1.CC1CN(C(=O)c2cc3cc(Br)ccc3[nH]2)C1.COc1cc(C#N)c(N=C=S)cc1OC.COc1cc2nc(=S)n(C3CN(C(=O)c4cc5cc(-c6cccnc6)ccc5[nH]4)C3)c(N)c2cc1OC.[Cl][Pd][Cl].c1ccc(P(c2ccccc2)c2ccccc2)cc1.c1ccc(P(c2ccccc2)c2ccccc2)cc1. The number of thiocarbonyl (C=S) groups is 1. The Kier molecular flexibility index (Phi) is 37.4. The number of aliphatic imine (C=N–C) groups is 1. The fourth-order valence-electron chi connectivity index (χ4n) is 17.0. The van der Waals surface area contributed by atoms with Gasteiger partial charge in [-0.25, -0.2) is 4.98 Å². The fourth-order valence-corrected chi connectivity index (χ4v) is 22.5. The van der Waals surface area contributed by atoms with E-state index < -0.39 is 15.8 Å². The van der Waals surface area contributed by atoms with Crippen molar-refractivity contribution in [1.29, 1.82) is 5.26 Å². The first-order chi connectivity index (χ1) is 71.3. The van der Waals surface area contributed by atoms with E-state index in [-0.39, 0.29) is 58.0 Å². The summed E-state index contributed by atoms with van der Waals surface area (Å²) in [5.74, 6) is 3.97. The van der Waals surface area contributed by atoms with Gasteiger partial charge in [0.1, 0.15) is 29.0 Å². The second kappa shape index (κ2) is 51.1. The number of halogens is 3. The molecule has 4 aliphatic rings. The van der Waals surface area contributed by atoms with Gasteiger partial charge in [-0.05, 0) is 208 Å². The molecule has 11 heterocycles. The number of nitrogens with one attached hydrogen (secondary N) is 3. The summed E-state index contributed by atoms with van der Waals surface area (Å²) >= 11 is 13.4. The summed E-state index contributed by atoms with van der Waals surface area (Å²) in [6, 6.07) is 109. The average molecular weight is 2220 g/mol. The minimum Gasteiger partial charge on any atom is -0.0622 e. The monoisotopic (exact) mass is 2220 g/mol. The number of likely N-dealkylation sites (tertiary alicyclic amines) is 3. The number of aromatic amines is 3. The molecule has 18 aromatic rings. The molecule has 0 unspecified atom stereocenters. The molecule has 147 heavy (non-hydrogen) atoms. The number of H-pyrrole nitrogens is 3. The zero-order valence-corrected chi connectivity index (χ0v) is 90.5. The molecule has 4 saturated heterocycles. The van der Waals surface area contributed by atoms with Gasteiger partial charge in [-0.2, -0.15) is 10.3 Å². The van der Waals surface area contributed by atoms with Gasteiger partial charge in [-0.15, -0.1) is 0 Å². The summed E-state index contributed by atoms with van der Waals surface area (Å²) in [6.45, 7) is 16.9. The van der Waals surface area contributed by atoms with Gasteiger partial charge in [0.05, 0.1) is 67.6 Å². The molecular weight excluding hydrogens is 2120 g/mol. The summed E-state index contributed by atoms with van der Waals surface area (Å²) in [6.07, 6.45) is 10.7. The summed E-state index contributed by atoms with van der Waals surface area (Å²) in [5, 5.41) is 23.3. The van der Waals surface area contributed by atoms with Crippen LogP contribution in [0.1, 0.15) is 84.6 Å². The molecule has 0 spiro atoms. The van der Waals surface area contributed by atoms with Crippen molar-refractivity contribution >= 4 is 198 Å². The van der Waals surface area contributed by atoms with Gasteiger partial charge in [-0.3, -0.25) is 33.9 Å². The first kappa shape index (κ1) is 108. The van der Waals surface area contributed by atoms with E-state index in [1.165, 1.54) is 46.0 Å². The Labute approximate surface area is 893 Å². The molecule has 7 aromatic heterocycles. The maximum Gasteiger partial charge on any atom is -0.0134 e. The summed E-state index contributed by atoms with van der Waals surface area (Å²) in [5.41, 5.74) is 17.4. The predicted molar refractivity (Wildman–Crippen MR) is 603 cm³/mol. The zero-order chi connectivity index (χ0) is 104. The average Bonchev–Trinajstić information content (AvgIpc) is 1.55.